The average Bonchev–Trinajstić information content (AvgIpc) is 2.35. The number of nitrogens with zero attached hydrogens (tertiary/aromatic N) is 1. The summed E-state index contributed by atoms with van der Waals surface area (Å²) in [6.07, 6.45) is 0. The van der Waals surface area contributed by atoms with Crippen molar-refractivity contribution in [2.24, 2.45) is 5.73 Å². The summed E-state index contributed by atoms with van der Waals surface area (Å²) < 4.78 is 26.3. The summed E-state index contributed by atoms with van der Waals surface area (Å²) in [5, 5.41) is 9.80. The predicted molar refractivity (Wildman–Crippen MR) is 83.2 cm³/mol. The lowest BCUT2D eigenvalue weighted by Gasteiger charge is -2.25. The maximum absolute atomic E-state index is 12.6. The lowest BCUT2D eigenvalue weighted by atomic mass is 10.1. The van der Waals surface area contributed by atoms with E-state index in [0.29, 0.717) is 11.1 Å². The van der Waals surface area contributed by atoms with Gasteiger partial charge in [0, 0.05) is 19.2 Å². The molecule has 0 saturated heterocycles. The van der Waals surface area contributed by atoms with Gasteiger partial charge in [0.05, 0.1) is 17.0 Å². The van der Waals surface area contributed by atoms with Crippen molar-refractivity contribution in [2.45, 2.75) is 31.3 Å². The van der Waals surface area contributed by atoms with Crippen molar-refractivity contribution in [3.63, 3.8) is 0 Å². The Balaban J connectivity index is 3.24. The van der Waals surface area contributed by atoms with E-state index in [1.165, 1.54) is 13.1 Å². The SMILES string of the molecule is Cc1ccc(C#CCN)cc1S(=O)(=O)N(C)CC(C)(C)O. The number of benzene rings is 1. The highest BCUT2D eigenvalue weighted by molar-refractivity contribution is 7.89. The highest BCUT2D eigenvalue weighted by Gasteiger charge is 2.27. The molecule has 1 rings (SSSR count). The standard InChI is InChI=1S/C15H22N2O3S/c1-12-7-8-13(6-5-9-16)10-14(12)21(19,20)17(4)11-15(2,3)18/h7-8,10,18H,9,11,16H2,1-4H3. The van der Waals surface area contributed by atoms with E-state index in [4.69, 9.17) is 5.73 Å². The van der Waals surface area contributed by atoms with Gasteiger partial charge in [-0.1, -0.05) is 17.9 Å². The number of likely N-dealkylation sites (N-methyl/N-ethyl adjacent to an activating group) is 1. The highest BCUT2D eigenvalue weighted by Crippen LogP contribution is 2.21. The molecule has 0 aromatic heterocycles. The van der Waals surface area contributed by atoms with E-state index in [-0.39, 0.29) is 18.0 Å². The smallest absolute Gasteiger partial charge is 0.243 e. The third-order valence-electron chi connectivity index (χ3n) is 2.82. The second kappa shape index (κ2) is 6.58. The average molecular weight is 310 g/mol. The Morgan fingerprint density at radius 3 is 2.52 bits per heavy atom. The van der Waals surface area contributed by atoms with E-state index < -0.39 is 15.6 Å². The molecule has 21 heavy (non-hydrogen) atoms. The number of aryl methyl sites for hydroxylation is 1. The molecule has 1 aromatic rings. The quantitative estimate of drug-likeness (QED) is 0.802. The minimum atomic E-state index is -3.68. The molecule has 3 N–H and O–H groups in total. The first-order valence-electron chi connectivity index (χ1n) is 6.56. The van der Waals surface area contributed by atoms with Gasteiger partial charge in [0.15, 0.2) is 0 Å². The van der Waals surface area contributed by atoms with Crippen LogP contribution in [0, 0.1) is 18.8 Å². The number of hydrogen-bond donors (Lipinski definition) is 2. The Kier molecular flexibility index (Phi) is 5.54. The Morgan fingerprint density at radius 1 is 1.38 bits per heavy atom. The molecule has 0 atom stereocenters. The number of hydrogen-bond acceptors (Lipinski definition) is 4. The van der Waals surface area contributed by atoms with Gasteiger partial charge in [0.1, 0.15) is 0 Å². The summed E-state index contributed by atoms with van der Waals surface area (Å²) in [6, 6.07) is 5.01. The fraction of sp³-hybridized carbons (Fsp3) is 0.467. The van der Waals surface area contributed by atoms with Gasteiger partial charge >= 0.3 is 0 Å². The van der Waals surface area contributed by atoms with Crippen LogP contribution in [-0.4, -0.2) is 43.6 Å². The molecule has 0 aliphatic rings. The van der Waals surface area contributed by atoms with Crippen LogP contribution >= 0.6 is 0 Å². The monoisotopic (exact) mass is 310 g/mol. The zero-order valence-corrected chi connectivity index (χ0v) is 13.7. The van der Waals surface area contributed by atoms with E-state index in [2.05, 4.69) is 11.8 Å². The lowest BCUT2D eigenvalue weighted by Crippen LogP contribution is -2.39. The Morgan fingerprint density at radius 2 is 2.00 bits per heavy atom. The molecule has 5 nitrogen and oxygen atoms in total. The van der Waals surface area contributed by atoms with Crippen molar-refractivity contribution in [2.75, 3.05) is 20.1 Å². The molecule has 0 amide bonds. The molecular weight excluding hydrogens is 288 g/mol. The fourth-order valence-corrected chi connectivity index (χ4v) is 3.48. The molecule has 1 aromatic carbocycles. The van der Waals surface area contributed by atoms with Crippen LogP contribution in [0.4, 0.5) is 0 Å². The molecule has 0 aliphatic heterocycles. The molecule has 0 fully saturated rings. The van der Waals surface area contributed by atoms with Crippen molar-refractivity contribution >= 4 is 10.0 Å². The maximum atomic E-state index is 12.6. The highest BCUT2D eigenvalue weighted by atomic mass is 32.2. The lowest BCUT2D eigenvalue weighted by molar-refractivity contribution is 0.0640. The first-order valence-corrected chi connectivity index (χ1v) is 8.00. The van der Waals surface area contributed by atoms with Crippen molar-refractivity contribution in [1.29, 1.82) is 0 Å². The van der Waals surface area contributed by atoms with Crippen LogP contribution in [0.25, 0.3) is 0 Å². The molecule has 0 radical (unpaired) electrons. The number of sulfonamides is 1. The minimum absolute atomic E-state index is 0.00742. The van der Waals surface area contributed by atoms with Crippen LogP contribution in [0.5, 0.6) is 0 Å². The molecule has 0 heterocycles. The van der Waals surface area contributed by atoms with Crippen LogP contribution in [0.15, 0.2) is 23.1 Å². The van der Waals surface area contributed by atoms with Gasteiger partial charge in [-0.15, -0.1) is 0 Å². The van der Waals surface area contributed by atoms with Gasteiger partial charge in [0.2, 0.25) is 10.0 Å². The number of nitrogens with two attached hydrogens (primary N) is 1. The number of rotatable bonds is 4. The largest absolute Gasteiger partial charge is 0.389 e. The van der Waals surface area contributed by atoms with E-state index in [9.17, 15) is 13.5 Å². The van der Waals surface area contributed by atoms with Gasteiger partial charge < -0.3 is 10.8 Å². The second-order valence-corrected chi connectivity index (χ2v) is 7.57. The topological polar surface area (TPSA) is 83.6 Å². The molecule has 6 heteroatoms. The molecule has 0 spiro atoms. The van der Waals surface area contributed by atoms with Gasteiger partial charge in [-0.3, -0.25) is 0 Å². The van der Waals surface area contributed by atoms with Gasteiger partial charge in [-0.05, 0) is 38.5 Å². The molecular formula is C15H22N2O3S. The van der Waals surface area contributed by atoms with Crippen LogP contribution < -0.4 is 5.73 Å². The van der Waals surface area contributed by atoms with Crippen LogP contribution in [0.2, 0.25) is 0 Å². The Labute approximate surface area is 126 Å². The van der Waals surface area contributed by atoms with Crippen molar-refractivity contribution < 1.29 is 13.5 Å². The van der Waals surface area contributed by atoms with Crippen molar-refractivity contribution in [3.05, 3.63) is 29.3 Å². The molecule has 116 valence electrons. The zero-order chi connectivity index (χ0) is 16.3. The Hall–Kier alpha value is -1.39. The van der Waals surface area contributed by atoms with Crippen molar-refractivity contribution in [1.82, 2.24) is 4.31 Å². The molecule has 0 saturated carbocycles. The third-order valence-corrected chi connectivity index (χ3v) is 4.77. The third kappa shape index (κ3) is 4.83. The van der Waals surface area contributed by atoms with Gasteiger partial charge in [-0.2, -0.15) is 4.31 Å². The summed E-state index contributed by atoms with van der Waals surface area (Å²) in [5.74, 6) is 5.52. The van der Waals surface area contributed by atoms with E-state index in [1.807, 2.05) is 0 Å². The summed E-state index contributed by atoms with van der Waals surface area (Å²) in [6.45, 7) is 5.08. The molecule has 0 bridgehead atoms. The van der Waals surface area contributed by atoms with Crippen LogP contribution in [-0.2, 0) is 10.0 Å². The first kappa shape index (κ1) is 17.7. The zero-order valence-electron chi connectivity index (χ0n) is 12.8. The molecule has 0 unspecified atom stereocenters. The second-order valence-electron chi connectivity index (χ2n) is 5.56. The Bertz CT molecular complexity index is 664. The fourth-order valence-electron chi connectivity index (χ4n) is 1.91. The van der Waals surface area contributed by atoms with E-state index in [0.717, 1.165) is 4.31 Å². The van der Waals surface area contributed by atoms with Crippen LogP contribution in [0.1, 0.15) is 25.0 Å². The maximum Gasteiger partial charge on any atom is 0.243 e. The van der Waals surface area contributed by atoms with Crippen molar-refractivity contribution in [3.8, 4) is 11.8 Å². The summed E-state index contributed by atoms with van der Waals surface area (Å²) in [4.78, 5) is 0.193. The minimum Gasteiger partial charge on any atom is -0.389 e. The summed E-state index contributed by atoms with van der Waals surface area (Å²) in [7, 11) is -2.23. The number of aliphatic hydroxyl groups is 1. The van der Waals surface area contributed by atoms with E-state index in [1.54, 1.807) is 32.9 Å². The van der Waals surface area contributed by atoms with Gasteiger partial charge in [-0.25, -0.2) is 8.42 Å². The van der Waals surface area contributed by atoms with Gasteiger partial charge in [0.25, 0.3) is 0 Å². The summed E-state index contributed by atoms with van der Waals surface area (Å²) >= 11 is 0. The van der Waals surface area contributed by atoms with E-state index >= 15 is 0 Å². The molecule has 0 aliphatic carbocycles. The van der Waals surface area contributed by atoms with Crippen LogP contribution in [0.3, 0.4) is 0 Å². The first-order chi connectivity index (χ1) is 9.58. The normalized spacial score (nSPS) is 12.1. The predicted octanol–water partition coefficient (Wildman–Crippen LogP) is 0.697. The summed E-state index contributed by atoms with van der Waals surface area (Å²) in [5.41, 5.74) is 5.45.